The van der Waals surface area contributed by atoms with Crippen LogP contribution in [0.15, 0.2) is 55.0 Å². The van der Waals surface area contributed by atoms with Gasteiger partial charge in [0.15, 0.2) is 11.5 Å². The third-order valence-electron chi connectivity index (χ3n) is 4.74. The van der Waals surface area contributed by atoms with Crippen molar-refractivity contribution in [3.05, 3.63) is 60.6 Å². The van der Waals surface area contributed by atoms with Gasteiger partial charge in [-0.15, -0.1) is 0 Å². The van der Waals surface area contributed by atoms with E-state index >= 15 is 0 Å². The lowest BCUT2D eigenvalue weighted by molar-refractivity contribution is 0.326. The van der Waals surface area contributed by atoms with Gasteiger partial charge in [-0.05, 0) is 43.3 Å². The Morgan fingerprint density at radius 1 is 1.13 bits per heavy atom. The van der Waals surface area contributed by atoms with Gasteiger partial charge in [0.2, 0.25) is 0 Å². The summed E-state index contributed by atoms with van der Waals surface area (Å²) in [6.45, 7) is 3.85. The van der Waals surface area contributed by atoms with Gasteiger partial charge in [0.1, 0.15) is 18.2 Å². The molecule has 0 atom stereocenters. The molecule has 0 N–H and O–H groups in total. The molecule has 4 rings (SSSR count). The molecule has 0 radical (unpaired) electrons. The Labute approximate surface area is 174 Å². The van der Waals surface area contributed by atoms with Crippen LogP contribution in [0.1, 0.15) is 12.5 Å². The molecule has 0 bridgehead atoms. The highest BCUT2D eigenvalue weighted by atomic mass is 16.5. The predicted molar refractivity (Wildman–Crippen MR) is 114 cm³/mol. The molecule has 8 heteroatoms. The van der Waals surface area contributed by atoms with Crippen LogP contribution in [0, 0.1) is 11.3 Å². The van der Waals surface area contributed by atoms with Crippen molar-refractivity contribution >= 4 is 16.9 Å². The lowest BCUT2D eigenvalue weighted by Gasteiger charge is -2.20. The number of pyridine rings is 1. The smallest absolute Gasteiger partial charge is 0.165 e. The Morgan fingerprint density at radius 3 is 2.67 bits per heavy atom. The van der Waals surface area contributed by atoms with E-state index in [1.807, 2.05) is 35.7 Å². The van der Waals surface area contributed by atoms with Crippen LogP contribution in [0.3, 0.4) is 0 Å². The Hall–Kier alpha value is -3.99. The zero-order chi connectivity index (χ0) is 20.9. The molecule has 3 heterocycles. The lowest BCUT2D eigenvalue weighted by Crippen LogP contribution is -2.25. The second-order valence-electron chi connectivity index (χ2n) is 6.72. The van der Waals surface area contributed by atoms with Gasteiger partial charge < -0.3 is 9.64 Å². The van der Waals surface area contributed by atoms with Crippen LogP contribution in [-0.4, -0.2) is 44.9 Å². The summed E-state index contributed by atoms with van der Waals surface area (Å²) in [4.78, 5) is 15.7. The molecule has 0 saturated heterocycles. The highest BCUT2D eigenvalue weighted by Crippen LogP contribution is 2.26. The zero-order valence-electron chi connectivity index (χ0n) is 16.9. The van der Waals surface area contributed by atoms with Crippen molar-refractivity contribution in [3.63, 3.8) is 0 Å². The van der Waals surface area contributed by atoms with Gasteiger partial charge in [0, 0.05) is 31.5 Å². The fourth-order valence-corrected chi connectivity index (χ4v) is 3.12. The van der Waals surface area contributed by atoms with Gasteiger partial charge in [-0.2, -0.15) is 10.4 Å². The highest BCUT2D eigenvalue weighted by Gasteiger charge is 2.16. The molecule has 0 fully saturated rings. The molecule has 0 unspecified atom stereocenters. The number of benzene rings is 1. The van der Waals surface area contributed by atoms with Crippen LogP contribution >= 0.6 is 0 Å². The van der Waals surface area contributed by atoms with Crippen molar-refractivity contribution in [2.45, 2.75) is 13.5 Å². The Morgan fingerprint density at radius 2 is 1.97 bits per heavy atom. The quantitative estimate of drug-likeness (QED) is 0.471. The maximum atomic E-state index is 8.89. The third-order valence-corrected chi connectivity index (χ3v) is 4.74. The monoisotopic (exact) mass is 399 g/mol. The van der Waals surface area contributed by atoms with Crippen molar-refractivity contribution in [3.8, 4) is 23.2 Å². The number of rotatable bonds is 7. The molecule has 4 aromatic rings. The van der Waals surface area contributed by atoms with E-state index in [1.54, 1.807) is 42.9 Å². The first-order valence-electron chi connectivity index (χ1n) is 9.67. The van der Waals surface area contributed by atoms with Crippen molar-refractivity contribution in [2.24, 2.45) is 0 Å². The molecule has 0 amide bonds. The molecule has 8 nitrogen and oxygen atoms in total. The molecular weight excluding hydrogens is 378 g/mol. The van der Waals surface area contributed by atoms with Crippen LogP contribution in [0.2, 0.25) is 0 Å². The van der Waals surface area contributed by atoms with E-state index in [1.165, 1.54) is 0 Å². The van der Waals surface area contributed by atoms with Gasteiger partial charge in [-0.1, -0.05) is 0 Å². The molecule has 150 valence electrons. The van der Waals surface area contributed by atoms with E-state index < -0.39 is 0 Å². The SMILES string of the molecule is CCn1ncc2c(N(C)CCOc3ccc(C#N)cc3)nc(-c3cccnc3)nc21. The second-order valence-corrected chi connectivity index (χ2v) is 6.72. The van der Waals surface area contributed by atoms with E-state index in [2.05, 4.69) is 16.2 Å². The predicted octanol–water partition coefficient (Wildman–Crippen LogP) is 3.30. The van der Waals surface area contributed by atoms with E-state index in [-0.39, 0.29) is 0 Å². The minimum absolute atomic E-state index is 0.470. The minimum Gasteiger partial charge on any atom is -0.492 e. The van der Waals surface area contributed by atoms with Crippen molar-refractivity contribution in [1.82, 2.24) is 24.7 Å². The number of anilines is 1. The summed E-state index contributed by atoms with van der Waals surface area (Å²) in [5.74, 6) is 2.13. The summed E-state index contributed by atoms with van der Waals surface area (Å²) in [6.07, 6.45) is 5.29. The number of aromatic nitrogens is 5. The average molecular weight is 399 g/mol. The Balaban J connectivity index is 1.58. The molecule has 0 aliphatic rings. The van der Waals surface area contributed by atoms with Gasteiger partial charge in [-0.25, -0.2) is 14.6 Å². The van der Waals surface area contributed by atoms with Crippen LogP contribution in [-0.2, 0) is 6.54 Å². The largest absolute Gasteiger partial charge is 0.492 e. The van der Waals surface area contributed by atoms with Crippen LogP contribution in [0.25, 0.3) is 22.4 Å². The topological polar surface area (TPSA) is 92.8 Å². The van der Waals surface area contributed by atoms with Crippen molar-refractivity contribution in [2.75, 3.05) is 25.1 Å². The number of ether oxygens (including phenoxy) is 1. The van der Waals surface area contributed by atoms with Gasteiger partial charge in [-0.3, -0.25) is 4.98 Å². The summed E-state index contributed by atoms with van der Waals surface area (Å²) < 4.78 is 7.69. The van der Waals surface area contributed by atoms with Crippen LogP contribution < -0.4 is 9.64 Å². The third kappa shape index (κ3) is 3.91. The first-order chi connectivity index (χ1) is 14.7. The molecule has 30 heavy (non-hydrogen) atoms. The number of likely N-dealkylation sites (N-methyl/N-ethyl adjacent to an activating group) is 1. The number of hydrogen-bond acceptors (Lipinski definition) is 7. The number of fused-ring (bicyclic) bond motifs is 1. The van der Waals surface area contributed by atoms with Crippen LogP contribution in [0.5, 0.6) is 5.75 Å². The summed E-state index contributed by atoms with van der Waals surface area (Å²) >= 11 is 0. The Kier molecular flexibility index (Phi) is 5.52. The van der Waals surface area contributed by atoms with Crippen LogP contribution in [0.4, 0.5) is 5.82 Å². The average Bonchev–Trinajstić information content (AvgIpc) is 3.22. The van der Waals surface area contributed by atoms with Gasteiger partial charge in [0.05, 0.1) is 29.8 Å². The maximum Gasteiger partial charge on any atom is 0.165 e. The van der Waals surface area contributed by atoms with Gasteiger partial charge >= 0.3 is 0 Å². The summed E-state index contributed by atoms with van der Waals surface area (Å²) in [5, 5.41) is 14.2. The maximum absolute atomic E-state index is 8.89. The van der Waals surface area contributed by atoms with E-state index in [0.29, 0.717) is 24.5 Å². The summed E-state index contributed by atoms with van der Waals surface area (Å²) in [5.41, 5.74) is 2.26. The molecule has 1 aromatic carbocycles. The standard InChI is InChI=1S/C22H21N7O/c1-3-29-22-19(15-25-29)21(26-20(27-22)17-5-4-10-24-14-17)28(2)11-12-30-18-8-6-16(13-23)7-9-18/h4-10,14-15H,3,11-12H2,1-2H3. The van der Waals surface area contributed by atoms with E-state index in [4.69, 9.17) is 20.0 Å². The highest BCUT2D eigenvalue weighted by molar-refractivity contribution is 5.88. The van der Waals surface area contributed by atoms with Gasteiger partial charge in [0.25, 0.3) is 0 Å². The Bertz CT molecular complexity index is 1180. The number of hydrogen-bond donors (Lipinski definition) is 0. The summed E-state index contributed by atoms with van der Waals surface area (Å²) in [7, 11) is 1.97. The van der Waals surface area contributed by atoms with Crippen molar-refractivity contribution < 1.29 is 4.74 Å². The first kappa shape index (κ1) is 19.3. The molecule has 3 aromatic heterocycles. The fourth-order valence-electron chi connectivity index (χ4n) is 3.12. The number of nitrogens with zero attached hydrogens (tertiary/aromatic N) is 7. The summed E-state index contributed by atoms with van der Waals surface area (Å²) in [6, 6.07) is 13.0. The zero-order valence-corrected chi connectivity index (χ0v) is 16.9. The first-order valence-corrected chi connectivity index (χ1v) is 9.67. The molecular formula is C22H21N7O. The normalized spacial score (nSPS) is 10.7. The van der Waals surface area contributed by atoms with E-state index in [9.17, 15) is 0 Å². The van der Waals surface area contributed by atoms with E-state index in [0.717, 1.165) is 34.7 Å². The minimum atomic E-state index is 0.470. The lowest BCUT2D eigenvalue weighted by atomic mass is 10.2. The number of nitriles is 1. The molecule has 0 aliphatic heterocycles. The van der Waals surface area contributed by atoms with Crippen molar-refractivity contribution in [1.29, 1.82) is 5.26 Å². The molecule has 0 saturated carbocycles. The fraction of sp³-hybridized carbons (Fsp3) is 0.227. The second kappa shape index (κ2) is 8.57. The number of aryl methyl sites for hydroxylation is 1. The molecule has 0 aliphatic carbocycles. The molecule has 0 spiro atoms.